The third-order valence-corrected chi connectivity index (χ3v) is 5.03. The fourth-order valence-corrected chi connectivity index (χ4v) is 3.32. The lowest BCUT2D eigenvalue weighted by molar-refractivity contribution is -0.149. The van der Waals surface area contributed by atoms with Gasteiger partial charge in [-0.05, 0) is 60.6 Å². The van der Waals surface area contributed by atoms with Gasteiger partial charge in [0, 0.05) is 18.4 Å². The molecule has 1 aromatic heterocycles. The number of aryl methyl sites for hydroxylation is 1. The van der Waals surface area contributed by atoms with Gasteiger partial charge in [0.1, 0.15) is 11.6 Å². The zero-order chi connectivity index (χ0) is 21.0. The number of carbonyl (C=O) groups is 2. The number of benzene rings is 1. The highest BCUT2D eigenvalue weighted by Gasteiger charge is 2.22. The minimum atomic E-state index is -0.260. The monoisotopic (exact) mass is 399 g/mol. The second kappa shape index (κ2) is 9.03. The molecule has 2 aromatic rings. The molecule has 154 valence electrons. The van der Waals surface area contributed by atoms with E-state index in [0.29, 0.717) is 36.5 Å². The van der Waals surface area contributed by atoms with Crippen molar-refractivity contribution in [1.82, 2.24) is 10.3 Å². The predicted molar refractivity (Wildman–Crippen MR) is 109 cm³/mol. The maximum atomic E-state index is 13.5. The summed E-state index contributed by atoms with van der Waals surface area (Å²) in [5.74, 6) is 0.115. The molecule has 7 heteroatoms. The Labute approximate surface area is 169 Å². The third-order valence-electron chi connectivity index (χ3n) is 5.03. The molecule has 1 aliphatic heterocycles. The van der Waals surface area contributed by atoms with Crippen molar-refractivity contribution in [2.45, 2.75) is 39.5 Å². The zero-order valence-corrected chi connectivity index (χ0v) is 16.9. The fraction of sp³-hybridized carbons (Fsp3) is 0.409. The van der Waals surface area contributed by atoms with E-state index in [-0.39, 0.29) is 29.5 Å². The topological polar surface area (TPSA) is 80.3 Å². The summed E-state index contributed by atoms with van der Waals surface area (Å²) in [4.78, 5) is 28.5. The van der Waals surface area contributed by atoms with E-state index in [1.165, 1.54) is 6.07 Å². The molecule has 29 heavy (non-hydrogen) atoms. The highest BCUT2D eigenvalue weighted by atomic mass is 19.1. The van der Waals surface area contributed by atoms with E-state index < -0.39 is 0 Å². The first-order valence-electron chi connectivity index (χ1n) is 9.80. The molecule has 0 radical (unpaired) electrons. The third kappa shape index (κ3) is 5.31. The first-order valence-corrected chi connectivity index (χ1v) is 9.80. The Morgan fingerprint density at radius 3 is 2.83 bits per heavy atom. The van der Waals surface area contributed by atoms with Crippen LogP contribution in [-0.4, -0.2) is 30.0 Å². The van der Waals surface area contributed by atoms with Crippen LogP contribution in [-0.2, 0) is 9.53 Å². The molecule has 0 saturated carbocycles. The number of hydrogen-bond acceptors (Lipinski definition) is 5. The summed E-state index contributed by atoms with van der Waals surface area (Å²) in [6.45, 7) is 6.55. The number of pyridine rings is 1. The fourth-order valence-electron chi connectivity index (χ4n) is 3.32. The second-order valence-electron chi connectivity index (χ2n) is 7.69. The Kier molecular flexibility index (Phi) is 6.46. The summed E-state index contributed by atoms with van der Waals surface area (Å²) < 4.78 is 18.4. The summed E-state index contributed by atoms with van der Waals surface area (Å²) in [6.07, 6.45) is 2.63. The van der Waals surface area contributed by atoms with Gasteiger partial charge in [-0.25, -0.2) is 9.37 Å². The molecule has 2 heterocycles. The summed E-state index contributed by atoms with van der Waals surface area (Å²) in [5.41, 5.74) is 2.65. The van der Waals surface area contributed by atoms with Crippen molar-refractivity contribution >= 4 is 23.4 Å². The Morgan fingerprint density at radius 1 is 1.34 bits per heavy atom. The van der Waals surface area contributed by atoms with E-state index in [2.05, 4.69) is 15.6 Å². The van der Waals surface area contributed by atoms with Gasteiger partial charge in [-0.1, -0.05) is 13.8 Å². The number of ether oxygens (including phenoxy) is 1. The number of anilines is 2. The number of cyclic esters (lactones) is 1. The van der Waals surface area contributed by atoms with Gasteiger partial charge in [0.15, 0.2) is 0 Å². The van der Waals surface area contributed by atoms with Gasteiger partial charge in [0.05, 0.1) is 18.6 Å². The normalized spacial score (nSPS) is 16.4. The van der Waals surface area contributed by atoms with E-state index in [0.717, 1.165) is 17.7 Å². The van der Waals surface area contributed by atoms with Crippen LogP contribution in [0, 0.1) is 18.7 Å². The van der Waals surface area contributed by atoms with Gasteiger partial charge in [0.25, 0.3) is 5.91 Å². The van der Waals surface area contributed by atoms with E-state index in [1.54, 1.807) is 25.3 Å². The number of halogens is 1. The van der Waals surface area contributed by atoms with E-state index in [4.69, 9.17) is 4.74 Å². The molecule has 3 rings (SSSR count). The molecule has 1 unspecified atom stereocenters. The number of rotatable bonds is 6. The molecule has 0 spiro atoms. The molecule has 1 aliphatic rings. The molecule has 1 fully saturated rings. The number of hydrogen-bond donors (Lipinski definition) is 2. The molecular weight excluding hydrogens is 373 g/mol. The van der Waals surface area contributed by atoms with Crippen LogP contribution in [0.1, 0.15) is 54.1 Å². The molecule has 1 atom stereocenters. The van der Waals surface area contributed by atoms with Crippen LogP contribution in [0.5, 0.6) is 0 Å². The Hall–Kier alpha value is -2.96. The van der Waals surface area contributed by atoms with Crippen LogP contribution in [0.15, 0.2) is 30.5 Å². The predicted octanol–water partition coefficient (Wildman–Crippen LogP) is 4.08. The lowest BCUT2D eigenvalue weighted by atomic mass is 9.97. The van der Waals surface area contributed by atoms with Gasteiger partial charge < -0.3 is 15.4 Å². The van der Waals surface area contributed by atoms with Crippen molar-refractivity contribution in [3.05, 3.63) is 53.0 Å². The van der Waals surface area contributed by atoms with Crippen LogP contribution in [0.25, 0.3) is 0 Å². The summed E-state index contributed by atoms with van der Waals surface area (Å²) in [5, 5.41) is 6.08. The maximum absolute atomic E-state index is 13.5. The maximum Gasteiger partial charge on any atom is 0.306 e. The smallest absolute Gasteiger partial charge is 0.306 e. The van der Waals surface area contributed by atoms with Crippen LogP contribution in [0.2, 0.25) is 0 Å². The minimum absolute atomic E-state index is 0.0957. The minimum Gasteiger partial charge on any atom is -0.466 e. The van der Waals surface area contributed by atoms with Crippen molar-refractivity contribution < 1.29 is 18.7 Å². The van der Waals surface area contributed by atoms with Gasteiger partial charge in [-0.15, -0.1) is 0 Å². The number of carbonyl (C=O) groups excluding carboxylic acids is 2. The van der Waals surface area contributed by atoms with Crippen LogP contribution < -0.4 is 10.6 Å². The van der Waals surface area contributed by atoms with Crippen molar-refractivity contribution in [2.75, 3.05) is 18.5 Å². The molecule has 0 aliphatic carbocycles. The van der Waals surface area contributed by atoms with Crippen molar-refractivity contribution in [3.8, 4) is 0 Å². The summed E-state index contributed by atoms with van der Waals surface area (Å²) in [6, 6.07) is 6.61. The van der Waals surface area contributed by atoms with Crippen LogP contribution in [0.3, 0.4) is 0 Å². The largest absolute Gasteiger partial charge is 0.466 e. The Balaban J connectivity index is 1.72. The molecule has 2 N–H and O–H groups in total. The standard InChI is InChI=1S/C22H26FN3O3/c1-13(2)17-10-20(26-16-4-5-19(23)14(3)8-16)24-12-18(17)22(28)25-11-15-6-7-29-21(27)9-15/h4-5,8,10,12-13,15H,6-7,9,11H2,1-3H3,(H,24,26)(H,25,28). The quantitative estimate of drug-likeness (QED) is 0.716. The molecule has 0 bridgehead atoms. The number of aromatic nitrogens is 1. The lowest BCUT2D eigenvalue weighted by Crippen LogP contribution is -2.34. The molecule has 1 amide bonds. The van der Waals surface area contributed by atoms with Crippen molar-refractivity contribution in [2.24, 2.45) is 5.92 Å². The molecule has 1 aromatic carbocycles. The highest BCUT2D eigenvalue weighted by molar-refractivity contribution is 5.96. The SMILES string of the molecule is Cc1cc(Nc2cc(C(C)C)c(C(=O)NCC3CCOC(=O)C3)cn2)ccc1F. The van der Waals surface area contributed by atoms with Gasteiger partial charge in [-0.3, -0.25) is 9.59 Å². The Bertz CT molecular complexity index is 914. The van der Waals surface area contributed by atoms with Gasteiger partial charge >= 0.3 is 5.97 Å². The average molecular weight is 399 g/mol. The Morgan fingerprint density at radius 2 is 2.14 bits per heavy atom. The zero-order valence-electron chi connectivity index (χ0n) is 16.9. The number of amides is 1. The summed E-state index contributed by atoms with van der Waals surface area (Å²) in [7, 11) is 0. The van der Waals surface area contributed by atoms with Crippen molar-refractivity contribution in [1.29, 1.82) is 0 Å². The lowest BCUT2D eigenvalue weighted by Gasteiger charge is -2.22. The van der Waals surface area contributed by atoms with E-state index in [9.17, 15) is 14.0 Å². The second-order valence-corrected chi connectivity index (χ2v) is 7.69. The average Bonchev–Trinajstić information content (AvgIpc) is 2.69. The number of nitrogens with one attached hydrogen (secondary N) is 2. The molecule has 6 nitrogen and oxygen atoms in total. The van der Waals surface area contributed by atoms with Crippen LogP contribution >= 0.6 is 0 Å². The van der Waals surface area contributed by atoms with Crippen molar-refractivity contribution in [3.63, 3.8) is 0 Å². The van der Waals surface area contributed by atoms with E-state index in [1.807, 2.05) is 19.9 Å². The summed E-state index contributed by atoms with van der Waals surface area (Å²) >= 11 is 0. The molecular formula is C22H26FN3O3. The van der Waals surface area contributed by atoms with Gasteiger partial charge in [-0.2, -0.15) is 0 Å². The number of nitrogens with zero attached hydrogens (tertiary/aromatic N) is 1. The first-order chi connectivity index (χ1) is 13.8. The van der Waals surface area contributed by atoms with Gasteiger partial charge in [0.2, 0.25) is 0 Å². The molecule has 1 saturated heterocycles. The van der Waals surface area contributed by atoms with E-state index >= 15 is 0 Å². The number of esters is 1. The van der Waals surface area contributed by atoms with Crippen LogP contribution in [0.4, 0.5) is 15.9 Å². The highest BCUT2D eigenvalue weighted by Crippen LogP contribution is 2.25. The first kappa shape index (κ1) is 20.8.